The van der Waals surface area contributed by atoms with Gasteiger partial charge in [0, 0.05) is 60.9 Å². The number of carboxylic acid groups (broad SMARTS) is 1. The summed E-state index contributed by atoms with van der Waals surface area (Å²) in [5.74, 6) is -0.881. The average Bonchev–Trinajstić information content (AvgIpc) is 3.30. The van der Waals surface area contributed by atoms with E-state index in [0.717, 1.165) is 0 Å². The van der Waals surface area contributed by atoms with Crippen molar-refractivity contribution in [3.05, 3.63) is 71.7 Å². The molecule has 0 saturated carbocycles. The Labute approximate surface area is 227 Å². The Morgan fingerprint density at radius 2 is 1.93 bits per heavy atom. The fraction of sp³-hybridized carbons (Fsp3) is 0.357. The number of hydrogen-bond donors (Lipinski definition) is 1. The first-order valence-corrected chi connectivity index (χ1v) is 12.9. The summed E-state index contributed by atoms with van der Waals surface area (Å²) in [5.41, 5.74) is 1.98. The Morgan fingerprint density at radius 1 is 1.20 bits per heavy atom. The quantitative estimate of drug-likeness (QED) is 0.360. The molecule has 0 spiro atoms. The first-order chi connectivity index (χ1) is 19.2. The molecule has 3 aromatic heterocycles. The second-order valence-electron chi connectivity index (χ2n) is 10.2. The lowest BCUT2D eigenvalue weighted by atomic mass is 9.80. The molecular formula is C28H26F3N5O4. The van der Waals surface area contributed by atoms with Crippen LogP contribution in [0.25, 0.3) is 16.8 Å². The van der Waals surface area contributed by atoms with Crippen molar-refractivity contribution in [2.24, 2.45) is 5.41 Å². The van der Waals surface area contributed by atoms with Crippen LogP contribution in [0, 0.1) is 11.2 Å². The van der Waals surface area contributed by atoms with Gasteiger partial charge in [-0.05, 0) is 25.8 Å². The Kier molecular flexibility index (Phi) is 6.57. The third-order valence-electron chi connectivity index (χ3n) is 7.73. The van der Waals surface area contributed by atoms with Gasteiger partial charge in [-0.25, -0.2) is 19.3 Å². The number of para-hydroxylation sites is 1. The molecule has 0 amide bonds. The van der Waals surface area contributed by atoms with E-state index in [1.165, 1.54) is 24.5 Å². The highest BCUT2D eigenvalue weighted by Crippen LogP contribution is 2.39. The molecule has 0 bridgehead atoms. The second-order valence-corrected chi connectivity index (χ2v) is 10.2. The molecule has 1 aromatic carbocycles. The van der Waals surface area contributed by atoms with E-state index in [-0.39, 0.29) is 11.3 Å². The van der Waals surface area contributed by atoms with Crippen molar-refractivity contribution in [1.29, 1.82) is 0 Å². The molecule has 4 aromatic rings. The minimum Gasteiger partial charge on any atom is -0.481 e. The van der Waals surface area contributed by atoms with E-state index in [1.807, 2.05) is 4.90 Å². The molecule has 12 heteroatoms. The van der Waals surface area contributed by atoms with Crippen LogP contribution < -0.4 is 9.64 Å². The predicted molar refractivity (Wildman–Crippen MR) is 138 cm³/mol. The summed E-state index contributed by atoms with van der Waals surface area (Å²) in [5, 5.41) is 9.47. The number of piperidine rings is 1. The first-order valence-electron chi connectivity index (χ1n) is 12.9. The van der Waals surface area contributed by atoms with Gasteiger partial charge in [-0.2, -0.15) is 8.78 Å². The Balaban J connectivity index is 1.34. The van der Waals surface area contributed by atoms with Crippen LogP contribution in [0.3, 0.4) is 0 Å². The lowest BCUT2D eigenvalue weighted by Gasteiger charge is -2.36. The molecule has 6 rings (SSSR count). The Bertz CT molecular complexity index is 1570. The molecule has 0 unspecified atom stereocenters. The van der Waals surface area contributed by atoms with Gasteiger partial charge in [0.15, 0.2) is 0 Å². The number of hydrogen-bond acceptors (Lipinski definition) is 7. The average molecular weight is 554 g/mol. The van der Waals surface area contributed by atoms with Gasteiger partial charge in [-0.3, -0.25) is 9.20 Å². The molecule has 1 atom stereocenters. The highest BCUT2D eigenvalue weighted by Gasteiger charge is 2.37. The van der Waals surface area contributed by atoms with Gasteiger partial charge in [0.2, 0.25) is 5.95 Å². The Hall–Kier alpha value is -4.19. The molecule has 9 nitrogen and oxygen atoms in total. The minimum absolute atomic E-state index is 0.00185. The maximum Gasteiger partial charge on any atom is 0.387 e. The van der Waals surface area contributed by atoms with Crippen LogP contribution in [-0.4, -0.2) is 56.7 Å². The molecule has 40 heavy (non-hydrogen) atoms. The molecule has 208 valence electrons. The summed E-state index contributed by atoms with van der Waals surface area (Å²) >= 11 is 0. The smallest absolute Gasteiger partial charge is 0.387 e. The molecule has 2 aliphatic heterocycles. The largest absolute Gasteiger partial charge is 0.481 e. The SMILES string of the molecule is CC1(C(=O)O)CCN(c2ncc(-c3cn4c5c(nc4cc3F)CCO[C@@H]5c3ccccc3OC(F)F)cn2)CC1. The first kappa shape index (κ1) is 26.1. The number of aromatic nitrogens is 4. The summed E-state index contributed by atoms with van der Waals surface area (Å²) in [6.07, 6.45) is 5.32. The van der Waals surface area contributed by atoms with Crippen molar-refractivity contribution < 1.29 is 32.5 Å². The van der Waals surface area contributed by atoms with Crippen LogP contribution >= 0.6 is 0 Å². The lowest BCUT2D eigenvalue weighted by Crippen LogP contribution is -2.43. The number of rotatable bonds is 6. The number of halogens is 3. The number of anilines is 1. The minimum atomic E-state index is -3.00. The van der Waals surface area contributed by atoms with E-state index >= 15 is 4.39 Å². The highest BCUT2D eigenvalue weighted by atomic mass is 19.3. The van der Waals surface area contributed by atoms with E-state index in [0.29, 0.717) is 73.1 Å². The fourth-order valence-corrected chi connectivity index (χ4v) is 5.33. The molecule has 2 aliphatic rings. The third-order valence-corrected chi connectivity index (χ3v) is 7.73. The number of aliphatic carboxylic acids is 1. The topological polar surface area (TPSA) is 102 Å². The lowest BCUT2D eigenvalue weighted by molar-refractivity contribution is -0.149. The second kappa shape index (κ2) is 10.1. The van der Waals surface area contributed by atoms with E-state index in [1.54, 1.807) is 35.7 Å². The zero-order valence-corrected chi connectivity index (χ0v) is 21.6. The summed E-state index contributed by atoms with van der Waals surface area (Å²) in [4.78, 5) is 26.9. The van der Waals surface area contributed by atoms with Crippen molar-refractivity contribution in [2.45, 2.75) is 38.9 Å². The zero-order valence-electron chi connectivity index (χ0n) is 21.6. The predicted octanol–water partition coefficient (Wildman–Crippen LogP) is 4.89. The van der Waals surface area contributed by atoms with Crippen LogP contribution in [0.15, 0.2) is 48.9 Å². The van der Waals surface area contributed by atoms with Crippen molar-refractivity contribution in [3.63, 3.8) is 0 Å². The summed E-state index contributed by atoms with van der Waals surface area (Å²) in [6, 6.07) is 7.75. The van der Waals surface area contributed by atoms with E-state index in [4.69, 9.17) is 9.47 Å². The van der Waals surface area contributed by atoms with Gasteiger partial charge in [-0.1, -0.05) is 18.2 Å². The summed E-state index contributed by atoms with van der Waals surface area (Å²) < 4.78 is 54.0. The van der Waals surface area contributed by atoms with Crippen molar-refractivity contribution in [3.8, 4) is 16.9 Å². The number of imidazole rings is 1. The number of fused-ring (bicyclic) bond motifs is 3. The number of nitrogens with zero attached hydrogens (tertiary/aromatic N) is 5. The maximum absolute atomic E-state index is 15.3. The number of benzene rings is 1. The van der Waals surface area contributed by atoms with E-state index < -0.39 is 29.9 Å². The van der Waals surface area contributed by atoms with Gasteiger partial charge in [0.1, 0.15) is 23.3 Å². The zero-order chi connectivity index (χ0) is 28.0. The van der Waals surface area contributed by atoms with E-state index in [2.05, 4.69) is 15.0 Å². The number of carboxylic acids is 1. The fourth-order valence-electron chi connectivity index (χ4n) is 5.33. The van der Waals surface area contributed by atoms with Crippen molar-refractivity contribution >= 4 is 17.6 Å². The van der Waals surface area contributed by atoms with Crippen molar-refractivity contribution in [2.75, 3.05) is 24.6 Å². The molecule has 0 aliphatic carbocycles. The van der Waals surface area contributed by atoms with Gasteiger partial charge >= 0.3 is 12.6 Å². The van der Waals surface area contributed by atoms with Gasteiger partial charge in [0.25, 0.3) is 0 Å². The van der Waals surface area contributed by atoms with Crippen LogP contribution in [0.5, 0.6) is 5.75 Å². The van der Waals surface area contributed by atoms with Gasteiger partial charge < -0.3 is 19.5 Å². The molecule has 0 radical (unpaired) electrons. The third kappa shape index (κ3) is 4.61. The number of alkyl halides is 2. The van der Waals surface area contributed by atoms with Crippen LogP contribution in [-0.2, 0) is 16.0 Å². The molecule has 1 N–H and O–H groups in total. The standard InChI is InChI=1S/C28H26F3N5O4/c1-28(25(37)38)7-9-35(10-8-28)27-32-13-16(14-33-27)18-15-36-22(12-19(18)29)34-20-6-11-39-24(23(20)36)17-4-2-3-5-21(17)40-26(30)31/h2-5,12-15,24,26H,6-11H2,1H3,(H,37,38)/t24-/m1/s1. The molecule has 1 saturated heterocycles. The molecular weight excluding hydrogens is 527 g/mol. The monoisotopic (exact) mass is 553 g/mol. The highest BCUT2D eigenvalue weighted by molar-refractivity contribution is 5.74. The van der Waals surface area contributed by atoms with Crippen LogP contribution in [0.1, 0.15) is 42.8 Å². The van der Waals surface area contributed by atoms with Crippen molar-refractivity contribution in [1.82, 2.24) is 19.4 Å². The number of carbonyl (C=O) groups is 1. The number of pyridine rings is 1. The van der Waals surface area contributed by atoms with Gasteiger partial charge in [0.05, 0.1) is 23.4 Å². The Morgan fingerprint density at radius 3 is 2.62 bits per heavy atom. The summed E-state index contributed by atoms with van der Waals surface area (Å²) in [7, 11) is 0. The number of ether oxygens (including phenoxy) is 2. The molecule has 5 heterocycles. The normalized spacial score (nSPS) is 18.6. The van der Waals surface area contributed by atoms with Crippen LogP contribution in [0.2, 0.25) is 0 Å². The maximum atomic E-state index is 15.3. The van der Waals surface area contributed by atoms with Crippen LogP contribution in [0.4, 0.5) is 19.1 Å². The van der Waals surface area contributed by atoms with E-state index in [9.17, 15) is 18.7 Å². The molecule has 1 fully saturated rings. The summed E-state index contributed by atoms with van der Waals surface area (Å²) in [6.45, 7) is 0.0624. The van der Waals surface area contributed by atoms with Gasteiger partial charge in [-0.15, -0.1) is 0 Å².